The van der Waals surface area contributed by atoms with Gasteiger partial charge in [-0.05, 0) is 127 Å². The summed E-state index contributed by atoms with van der Waals surface area (Å²) in [6.45, 7) is 17.7. The number of phenolic OH excluding ortho intramolecular Hbond substituents is 1. The summed E-state index contributed by atoms with van der Waals surface area (Å²) < 4.78 is 70.3. The van der Waals surface area contributed by atoms with Gasteiger partial charge in [0.25, 0.3) is 5.91 Å². The van der Waals surface area contributed by atoms with Gasteiger partial charge in [0, 0.05) is 85.3 Å². The van der Waals surface area contributed by atoms with Crippen molar-refractivity contribution in [2.24, 2.45) is 0 Å². The highest BCUT2D eigenvalue weighted by Gasteiger charge is 2.44. The van der Waals surface area contributed by atoms with E-state index in [1.54, 1.807) is 13.0 Å². The number of phenols is 1. The van der Waals surface area contributed by atoms with E-state index >= 15 is 0 Å². The monoisotopic (exact) mass is 1020 g/mol. The van der Waals surface area contributed by atoms with Gasteiger partial charge in [0.1, 0.15) is 33.9 Å². The molecule has 0 saturated heterocycles. The molecule has 0 aliphatic carbocycles. The summed E-state index contributed by atoms with van der Waals surface area (Å²) in [4.78, 5) is 39.2. The Balaban J connectivity index is 0.00000226. The van der Waals surface area contributed by atoms with E-state index in [9.17, 15) is 32.5 Å². The number of anilines is 1. The van der Waals surface area contributed by atoms with E-state index in [1.165, 1.54) is 23.4 Å². The van der Waals surface area contributed by atoms with Crippen LogP contribution in [0.15, 0.2) is 83.4 Å². The number of amides is 1. The van der Waals surface area contributed by atoms with Crippen LogP contribution >= 0.6 is 0 Å². The highest BCUT2D eigenvalue weighted by atomic mass is 32.2. The van der Waals surface area contributed by atoms with Crippen molar-refractivity contribution in [1.82, 2.24) is 5.32 Å². The Morgan fingerprint density at radius 1 is 0.831 bits per heavy atom. The maximum atomic E-state index is 13.3. The number of benzene rings is 3. The number of carboxylic acid groups (broad SMARTS) is 1. The van der Waals surface area contributed by atoms with Gasteiger partial charge >= 0.3 is 16.6 Å². The molecule has 15 nitrogen and oxygen atoms in total. The summed E-state index contributed by atoms with van der Waals surface area (Å²) in [5, 5.41) is 22.6. The van der Waals surface area contributed by atoms with Crippen LogP contribution in [0, 0.1) is 20.8 Å². The maximum absolute atomic E-state index is 13.3. The molecule has 0 aromatic heterocycles. The molecule has 3 heterocycles. The zero-order valence-electron chi connectivity index (χ0n) is 42.2. The van der Waals surface area contributed by atoms with Gasteiger partial charge in [0.2, 0.25) is 5.69 Å². The standard InChI is InChI=1S/C54H69N3O9S.O3S/c1-36-37(2)50-41(38(3)49(36)61)30-31-54(8,66-50)51(62)55-32-20-22-39(58)21-12-10-18-34-57-45-29-28-40(67(63,64)65)35-43(45)53(6,7)47(57)26-14-9-13-25-46-52(4,5)42-23-16-17-24-44(42)56(46)33-19-11-15-27-48(59)60;1-4(2)3/h9,13-14,16-17,23-26,28-29,35H,10-12,15,18-22,27,30-34H2,1-8H3,(H3-,55,59,60,61,62,63,64,65);. The molecule has 3 aromatic rings. The van der Waals surface area contributed by atoms with Crippen LogP contribution in [0.1, 0.15) is 139 Å². The van der Waals surface area contributed by atoms with Crippen LogP contribution in [-0.2, 0) is 52.4 Å². The Morgan fingerprint density at radius 3 is 2.18 bits per heavy atom. The number of aliphatic carboxylic acids is 1. The lowest BCUT2D eigenvalue weighted by molar-refractivity contribution is -0.438. The first-order chi connectivity index (χ1) is 33.3. The molecule has 1 amide bonds. The summed E-state index contributed by atoms with van der Waals surface area (Å²) in [6.07, 6.45) is 17.4. The number of allylic oxidation sites excluding steroid dienone is 6. The third-order valence-electron chi connectivity index (χ3n) is 14.2. The van der Waals surface area contributed by atoms with Gasteiger partial charge in [-0.2, -0.15) is 4.58 Å². The minimum atomic E-state index is -4.66. The predicted molar refractivity (Wildman–Crippen MR) is 272 cm³/mol. The molecule has 17 heteroatoms. The number of ether oxygens (including phenoxy) is 1. The van der Waals surface area contributed by atoms with E-state index in [1.807, 2.05) is 65.0 Å². The van der Waals surface area contributed by atoms with E-state index in [-0.39, 0.29) is 34.2 Å². The van der Waals surface area contributed by atoms with Crippen LogP contribution in [0.25, 0.3) is 0 Å². The summed E-state index contributed by atoms with van der Waals surface area (Å²) >= 11 is 0. The number of nitrogens with zero attached hydrogens (tertiary/aromatic N) is 2. The predicted octanol–water partition coefficient (Wildman–Crippen LogP) is 8.84. The summed E-state index contributed by atoms with van der Waals surface area (Å²) in [5.74, 6) is 0.104. The van der Waals surface area contributed by atoms with Crippen molar-refractivity contribution >= 4 is 55.5 Å². The zero-order valence-corrected chi connectivity index (χ0v) is 43.9. The van der Waals surface area contributed by atoms with Gasteiger partial charge < -0.3 is 29.7 Å². The quantitative estimate of drug-likeness (QED) is 0.0393. The molecule has 0 fully saturated rings. The summed E-state index contributed by atoms with van der Waals surface area (Å²) in [7, 11) is -7.77. The number of ketones is 1. The lowest BCUT2D eigenvalue weighted by Crippen LogP contribution is -2.51. The Labute approximate surface area is 420 Å². The van der Waals surface area contributed by atoms with E-state index in [4.69, 9.17) is 22.5 Å². The molecule has 3 aliphatic rings. The number of unbranched alkanes of at least 4 members (excludes halogenated alkanes) is 4. The second-order valence-electron chi connectivity index (χ2n) is 19.9. The van der Waals surface area contributed by atoms with Gasteiger partial charge in [-0.15, -0.1) is 12.6 Å². The van der Waals surface area contributed by atoms with Crippen LogP contribution in [-0.4, -0.2) is 89.0 Å². The second-order valence-corrected chi connectivity index (χ2v) is 21.7. The summed E-state index contributed by atoms with van der Waals surface area (Å²) in [5.41, 5.74) is 7.56. The second kappa shape index (κ2) is 23.5. The van der Waals surface area contributed by atoms with Gasteiger partial charge in [-0.3, -0.25) is 14.4 Å². The van der Waals surface area contributed by atoms with Gasteiger partial charge in [0.15, 0.2) is 11.3 Å². The lowest BCUT2D eigenvalue weighted by Gasteiger charge is -2.36. The first-order valence-corrected chi connectivity index (χ1v) is 26.7. The molecular weight excluding hydrogens is 947 g/mol. The van der Waals surface area contributed by atoms with Crippen molar-refractivity contribution in [3.63, 3.8) is 0 Å². The molecule has 1 atom stereocenters. The fourth-order valence-electron chi connectivity index (χ4n) is 9.99. The highest BCUT2D eigenvalue weighted by Crippen LogP contribution is 2.49. The number of carbonyl (C=O) groups excluding carboxylic acids is 2. The van der Waals surface area contributed by atoms with Crippen LogP contribution in [0.5, 0.6) is 11.5 Å². The zero-order chi connectivity index (χ0) is 52.5. The number of fused-ring (bicyclic) bond motifs is 3. The van der Waals surface area contributed by atoms with Crippen molar-refractivity contribution in [1.29, 1.82) is 0 Å². The van der Waals surface area contributed by atoms with E-state index in [0.717, 1.165) is 77.1 Å². The number of para-hydroxylation sites is 1. The number of nitrogens with one attached hydrogen (secondary N) is 1. The normalized spacial score (nSPS) is 18.2. The number of hydrogen-bond acceptors (Lipinski definition) is 12. The Hall–Kier alpha value is -5.91. The average Bonchev–Trinajstić information content (AvgIpc) is 3.65. The molecular formula is C54H69N3O12S2. The van der Waals surface area contributed by atoms with E-state index in [0.29, 0.717) is 63.8 Å². The third kappa shape index (κ3) is 13.3. The van der Waals surface area contributed by atoms with Gasteiger partial charge in [-0.25, -0.2) is 8.42 Å². The Morgan fingerprint density at radius 2 is 1.49 bits per heavy atom. The van der Waals surface area contributed by atoms with Crippen molar-refractivity contribution in [3.8, 4) is 11.5 Å². The summed E-state index contributed by atoms with van der Waals surface area (Å²) in [6, 6.07) is 13.0. The molecule has 384 valence electrons. The molecule has 3 aliphatic heterocycles. The Kier molecular flexibility index (Phi) is 18.6. The van der Waals surface area contributed by atoms with E-state index < -0.39 is 37.7 Å². The smallest absolute Gasteiger partial charge is 0.425 e. The molecule has 6 rings (SSSR count). The van der Waals surface area contributed by atoms with Crippen LogP contribution in [0.4, 0.5) is 11.4 Å². The van der Waals surface area contributed by atoms with Gasteiger partial charge in [-0.1, -0.05) is 56.7 Å². The molecule has 71 heavy (non-hydrogen) atoms. The first kappa shape index (κ1) is 56.0. The average molecular weight is 1020 g/mol. The highest BCUT2D eigenvalue weighted by molar-refractivity contribution is 7.85. The van der Waals surface area contributed by atoms with Gasteiger partial charge in [0.05, 0.1) is 10.3 Å². The molecule has 3 aromatic carbocycles. The molecule has 0 spiro atoms. The number of carboxylic acids is 1. The fraction of sp³-hybridized carbons (Fsp3) is 0.481. The first-order valence-electron chi connectivity index (χ1n) is 24.3. The number of carbonyl (C=O) groups is 3. The van der Waals surface area contributed by atoms with Crippen LogP contribution in [0.3, 0.4) is 0 Å². The van der Waals surface area contributed by atoms with Crippen LogP contribution < -0.4 is 15.0 Å². The number of Topliss-reactive ketones (excluding diaryl/α,β-unsaturated/α-hetero) is 1. The van der Waals surface area contributed by atoms with Crippen LogP contribution in [0.2, 0.25) is 0 Å². The molecule has 0 bridgehead atoms. The van der Waals surface area contributed by atoms with E-state index in [2.05, 4.69) is 52.9 Å². The number of aromatic hydroxyl groups is 1. The SMILES string of the molecule is Cc1c(C)c2c(c(C)c1O)CCC(C)(C(=O)NCCCC(=O)CCCCCN1C(=CC=CC=CC3=[N+](CCCCCC(=O)O)c4ccccc4C3(C)C)C(C)(C)c3cc(S(=O)(=O)[O-])ccc31)O2.O=S(=O)=O. The minimum Gasteiger partial charge on any atom is -0.744 e. The van der Waals surface area contributed by atoms with Crippen molar-refractivity contribution < 1.29 is 59.5 Å². The topological polar surface area (TPSA) is 228 Å². The van der Waals surface area contributed by atoms with Crippen molar-refractivity contribution in [2.45, 2.75) is 154 Å². The fourth-order valence-corrected chi connectivity index (χ4v) is 10.5. The molecule has 1 unspecified atom stereocenters. The number of hydrogen-bond donors (Lipinski definition) is 3. The Bertz CT molecular complexity index is 2870. The molecule has 0 saturated carbocycles. The molecule has 3 N–H and O–H groups in total. The minimum absolute atomic E-state index is 0.143. The third-order valence-corrected chi connectivity index (χ3v) is 15.0. The molecule has 0 radical (unpaired) electrons. The lowest BCUT2D eigenvalue weighted by atomic mass is 9.81. The maximum Gasteiger partial charge on any atom is 0.425 e. The number of rotatable bonds is 21. The van der Waals surface area contributed by atoms with Crippen molar-refractivity contribution in [3.05, 3.63) is 112 Å². The largest absolute Gasteiger partial charge is 0.744 e. The van der Waals surface area contributed by atoms with Crippen molar-refractivity contribution in [2.75, 3.05) is 24.5 Å².